The van der Waals surface area contributed by atoms with E-state index >= 15 is 0 Å². The molecule has 2 aromatic heterocycles. The van der Waals surface area contributed by atoms with Gasteiger partial charge in [-0.15, -0.1) is 21.5 Å². The Bertz CT molecular complexity index is 873. The molecule has 0 bridgehead atoms. The Hall–Kier alpha value is -2.25. The Morgan fingerprint density at radius 3 is 2.35 bits per heavy atom. The van der Waals surface area contributed by atoms with E-state index in [-0.39, 0.29) is 5.91 Å². The monoisotopic (exact) mass is 428 g/mol. The van der Waals surface area contributed by atoms with Crippen LogP contribution < -0.4 is 4.90 Å². The van der Waals surface area contributed by atoms with Crippen LogP contribution >= 0.6 is 27.3 Å². The molecule has 1 aromatic carbocycles. The molecule has 0 aliphatic carbocycles. The van der Waals surface area contributed by atoms with Gasteiger partial charge >= 0.3 is 0 Å². The fourth-order valence-corrected chi connectivity index (χ4v) is 3.92. The van der Waals surface area contributed by atoms with Gasteiger partial charge in [0.05, 0.1) is 4.88 Å². The van der Waals surface area contributed by atoms with Crippen molar-refractivity contribution in [3.8, 4) is 10.6 Å². The Balaban J connectivity index is 1.39. The number of aromatic nitrogens is 2. The number of thiophene rings is 1. The van der Waals surface area contributed by atoms with E-state index in [1.165, 1.54) is 0 Å². The minimum atomic E-state index is 0.0799. The second-order valence-corrected chi connectivity index (χ2v) is 7.90. The van der Waals surface area contributed by atoms with Crippen LogP contribution in [-0.2, 0) is 0 Å². The van der Waals surface area contributed by atoms with Gasteiger partial charge in [-0.2, -0.15) is 0 Å². The number of anilines is 1. The topological polar surface area (TPSA) is 49.3 Å². The minimum absolute atomic E-state index is 0.0799. The lowest BCUT2D eigenvalue weighted by Crippen LogP contribution is -2.49. The zero-order valence-corrected chi connectivity index (χ0v) is 16.4. The molecule has 1 aliphatic rings. The van der Waals surface area contributed by atoms with Crippen molar-refractivity contribution in [2.75, 3.05) is 31.1 Å². The molecule has 132 valence electrons. The highest BCUT2D eigenvalue weighted by Gasteiger charge is 2.23. The standard InChI is InChI=1S/C19H17BrN4OS/c20-15-5-3-14(4-6-15)19(25)24-11-9-23(10-12-24)18-8-7-16(21-22-18)17-2-1-13-26-17/h1-8,13H,9-12H2. The molecule has 0 N–H and O–H groups in total. The first-order valence-corrected chi connectivity index (χ1v) is 10.1. The molecule has 1 saturated heterocycles. The maximum absolute atomic E-state index is 12.6. The van der Waals surface area contributed by atoms with Gasteiger partial charge in [0.1, 0.15) is 5.69 Å². The van der Waals surface area contributed by atoms with Gasteiger partial charge in [-0.1, -0.05) is 22.0 Å². The summed E-state index contributed by atoms with van der Waals surface area (Å²) in [4.78, 5) is 17.8. The molecular formula is C19H17BrN4OS. The zero-order chi connectivity index (χ0) is 17.9. The number of halogens is 1. The number of benzene rings is 1. The molecule has 1 fully saturated rings. The van der Waals surface area contributed by atoms with Crippen molar-refractivity contribution in [3.63, 3.8) is 0 Å². The average molecular weight is 429 g/mol. The number of nitrogens with zero attached hydrogens (tertiary/aromatic N) is 4. The van der Waals surface area contributed by atoms with Crippen LogP contribution in [0, 0.1) is 0 Å². The minimum Gasteiger partial charge on any atom is -0.352 e. The molecule has 0 unspecified atom stereocenters. The molecule has 0 radical (unpaired) electrons. The van der Waals surface area contributed by atoms with Crippen LogP contribution in [0.5, 0.6) is 0 Å². The van der Waals surface area contributed by atoms with E-state index in [2.05, 4.69) is 31.0 Å². The lowest BCUT2D eigenvalue weighted by Gasteiger charge is -2.35. The summed E-state index contributed by atoms with van der Waals surface area (Å²) >= 11 is 5.05. The van der Waals surface area contributed by atoms with Crippen molar-refractivity contribution in [2.24, 2.45) is 0 Å². The summed E-state index contributed by atoms with van der Waals surface area (Å²) < 4.78 is 0.975. The SMILES string of the molecule is O=C(c1ccc(Br)cc1)N1CCN(c2ccc(-c3cccs3)nn2)CC1. The summed E-state index contributed by atoms with van der Waals surface area (Å²) in [6, 6.07) is 15.6. The zero-order valence-electron chi connectivity index (χ0n) is 14.0. The first-order valence-electron chi connectivity index (χ1n) is 8.38. The van der Waals surface area contributed by atoms with E-state index < -0.39 is 0 Å². The van der Waals surface area contributed by atoms with Crippen molar-refractivity contribution in [1.29, 1.82) is 0 Å². The second kappa shape index (κ2) is 7.55. The lowest BCUT2D eigenvalue weighted by atomic mass is 10.2. The maximum Gasteiger partial charge on any atom is 0.253 e. The van der Waals surface area contributed by atoms with E-state index in [1.54, 1.807) is 11.3 Å². The highest BCUT2D eigenvalue weighted by Crippen LogP contribution is 2.23. The van der Waals surface area contributed by atoms with Crippen molar-refractivity contribution in [2.45, 2.75) is 0 Å². The van der Waals surface area contributed by atoms with Crippen LogP contribution in [0.1, 0.15) is 10.4 Å². The van der Waals surface area contributed by atoms with E-state index in [0.717, 1.165) is 39.5 Å². The molecule has 26 heavy (non-hydrogen) atoms. The van der Waals surface area contributed by atoms with Crippen LogP contribution in [0.15, 0.2) is 58.4 Å². The van der Waals surface area contributed by atoms with Crippen LogP contribution in [0.3, 0.4) is 0 Å². The number of piperazine rings is 1. The second-order valence-electron chi connectivity index (χ2n) is 6.04. The summed E-state index contributed by atoms with van der Waals surface area (Å²) in [7, 11) is 0. The van der Waals surface area contributed by atoms with Gasteiger partial charge in [-0.25, -0.2) is 0 Å². The van der Waals surface area contributed by atoms with E-state index in [9.17, 15) is 4.79 Å². The molecule has 0 spiro atoms. The normalized spacial score (nSPS) is 14.5. The number of carbonyl (C=O) groups is 1. The Morgan fingerprint density at radius 2 is 1.73 bits per heavy atom. The van der Waals surface area contributed by atoms with Crippen molar-refractivity contribution in [3.05, 3.63) is 63.9 Å². The highest BCUT2D eigenvalue weighted by molar-refractivity contribution is 9.10. The predicted molar refractivity (Wildman–Crippen MR) is 108 cm³/mol. The van der Waals surface area contributed by atoms with Crippen molar-refractivity contribution < 1.29 is 4.79 Å². The molecule has 4 rings (SSSR count). The van der Waals surface area contributed by atoms with Gasteiger partial charge in [0.2, 0.25) is 0 Å². The first-order chi connectivity index (χ1) is 12.7. The van der Waals surface area contributed by atoms with Gasteiger partial charge in [-0.05, 0) is 47.8 Å². The Morgan fingerprint density at radius 1 is 0.962 bits per heavy atom. The molecule has 7 heteroatoms. The van der Waals surface area contributed by atoms with Gasteiger partial charge in [0, 0.05) is 36.2 Å². The van der Waals surface area contributed by atoms with Gasteiger partial charge in [-0.3, -0.25) is 4.79 Å². The summed E-state index contributed by atoms with van der Waals surface area (Å²) in [5.74, 6) is 0.942. The molecule has 5 nitrogen and oxygen atoms in total. The summed E-state index contributed by atoms with van der Waals surface area (Å²) in [6.07, 6.45) is 0. The summed E-state index contributed by atoms with van der Waals surface area (Å²) in [5, 5.41) is 10.7. The number of hydrogen-bond acceptors (Lipinski definition) is 5. The number of rotatable bonds is 3. The fraction of sp³-hybridized carbons (Fsp3) is 0.211. The van der Waals surface area contributed by atoms with E-state index in [1.807, 2.05) is 58.8 Å². The quantitative estimate of drug-likeness (QED) is 0.633. The first kappa shape index (κ1) is 17.2. The largest absolute Gasteiger partial charge is 0.352 e. The third kappa shape index (κ3) is 3.64. The molecule has 0 saturated carbocycles. The Kier molecular flexibility index (Phi) is 4.99. The Labute approximate surface area is 164 Å². The molecule has 0 atom stereocenters. The molecule has 3 heterocycles. The third-order valence-corrected chi connectivity index (χ3v) is 5.83. The fourth-order valence-electron chi connectivity index (χ4n) is 2.96. The maximum atomic E-state index is 12.6. The third-order valence-electron chi connectivity index (χ3n) is 4.41. The molecule has 1 amide bonds. The van der Waals surface area contributed by atoms with E-state index in [4.69, 9.17) is 0 Å². The summed E-state index contributed by atoms with van der Waals surface area (Å²) in [5.41, 5.74) is 1.62. The van der Waals surface area contributed by atoms with Gasteiger partial charge in [0.25, 0.3) is 5.91 Å². The van der Waals surface area contributed by atoms with Crippen LogP contribution in [0.2, 0.25) is 0 Å². The number of hydrogen-bond donors (Lipinski definition) is 0. The number of carbonyl (C=O) groups excluding carboxylic acids is 1. The lowest BCUT2D eigenvalue weighted by molar-refractivity contribution is 0.0746. The average Bonchev–Trinajstić information content (AvgIpc) is 3.23. The predicted octanol–water partition coefficient (Wildman–Crippen LogP) is 3.93. The van der Waals surface area contributed by atoms with Gasteiger partial charge in [0.15, 0.2) is 5.82 Å². The van der Waals surface area contributed by atoms with Crippen molar-refractivity contribution in [1.82, 2.24) is 15.1 Å². The molecule has 1 aliphatic heterocycles. The highest BCUT2D eigenvalue weighted by atomic mass is 79.9. The summed E-state index contributed by atoms with van der Waals surface area (Å²) in [6.45, 7) is 2.89. The van der Waals surface area contributed by atoms with Crippen LogP contribution in [0.4, 0.5) is 5.82 Å². The van der Waals surface area contributed by atoms with Crippen molar-refractivity contribution >= 4 is 39.0 Å². The molecular weight excluding hydrogens is 412 g/mol. The van der Waals surface area contributed by atoms with Crippen LogP contribution in [0.25, 0.3) is 10.6 Å². The number of amides is 1. The smallest absolute Gasteiger partial charge is 0.253 e. The molecule has 3 aromatic rings. The van der Waals surface area contributed by atoms with Gasteiger partial charge < -0.3 is 9.80 Å². The van der Waals surface area contributed by atoms with E-state index in [0.29, 0.717) is 13.1 Å². The van der Waals surface area contributed by atoms with Crippen LogP contribution in [-0.4, -0.2) is 47.2 Å².